The van der Waals surface area contributed by atoms with Crippen molar-refractivity contribution in [3.05, 3.63) is 153 Å². The molecule has 6 rings (SSSR count). The quantitative estimate of drug-likeness (QED) is 0.145. The van der Waals surface area contributed by atoms with Crippen LogP contribution in [0.25, 0.3) is 11.8 Å². The molecule has 0 saturated heterocycles. The van der Waals surface area contributed by atoms with E-state index >= 15 is 0 Å². The molecule has 0 unspecified atom stereocenters. The van der Waals surface area contributed by atoms with Crippen molar-refractivity contribution < 1.29 is 19.0 Å². The number of esters is 1. The normalized spacial score (nSPS) is 14.4. The van der Waals surface area contributed by atoms with Gasteiger partial charge >= 0.3 is 5.97 Å². The zero-order chi connectivity index (χ0) is 33.1. The highest BCUT2D eigenvalue weighted by molar-refractivity contribution is 9.10. The fourth-order valence-corrected chi connectivity index (χ4v) is 7.19. The van der Waals surface area contributed by atoms with Crippen LogP contribution >= 0.6 is 50.5 Å². The van der Waals surface area contributed by atoms with E-state index < -0.39 is 12.0 Å². The van der Waals surface area contributed by atoms with Crippen LogP contribution in [0.3, 0.4) is 0 Å². The summed E-state index contributed by atoms with van der Waals surface area (Å²) in [5.41, 5.74) is 3.50. The number of carbonyl (C=O) groups is 1. The molecule has 1 aromatic heterocycles. The van der Waals surface area contributed by atoms with Crippen molar-refractivity contribution in [1.29, 1.82) is 0 Å². The minimum Gasteiger partial charge on any atom is -0.497 e. The number of aromatic nitrogens is 1. The van der Waals surface area contributed by atoms with Crippen LogP contribution in [-0.2, 0) is 16.1 Å². The second kappa shape index (κ2) is 14.3. The lowest BCUT2D eigenvalue weighted by atomic mass is 9.93. The van der Waals surface area contributed by atoms with E-state index in [4.69, 9.17) is 42.4 Å². The van der Waals surface area contributed by atoms with E-state index in [0.717, 1.165) is 22.3 Å². The highest BCUT2D eigenvalue weighted by Gasteiger charge is 2.35. The number of nitrogens with zero attached hydrogens (tertiary/aromatic N) is 2. The van der Waals surface area contributed by atoms with Crippen molar-refractivity contribution in [3.8, 4) is 11.5 Å². The molecule has 0 saturated carbocycles. The van der Waals surface area contributed by atoms with Crippen molar-refractivity contribution in [2.24, 2.45) is 4.99 Å². The van der Waals surface area contributed by atoms with Gasteiger partial charge in [0.2, 0.25) is 0 Å². The number of thiazole rings is 1. The predicted octanol–water partition coefficient (Wildman–Crippen LogP) is 7.59. The molecule has 0 fully saturated rings. The average Bonchev–Trinajstić information content (AvgIpc) is 3.38. The van der Waals surface area contributed by atoms with Crippen molar-refractivity contribution in [3.63, 3.8) is 0 Å². The Kier molecular flexibility index (Phi) is 9.98. The van der Waals surface area contributed by atoms with Crippen molar-refractivity contribution in [2.45, 2.75) is 19.6 Å². The molecule has 238 valence electrons. The number of ether oxygens (including phenoxy) is 3. The first kappa shape index (κ1) is 32.8. The van der Waals surface area contributed by atoms with Crippen LogP contribution in [0.15, 0.2) is 111 Å². The maximum Gasteiger partial charge on any atom is 0.338 e. The van der Waals surface area contributed by atoms with Crippen LogP contribution in [0.5, 0.6) is 11.5 Å². The van der Waals surface area contributed by atoms with Crippen LogP contribution in [0, 0.1) is 0 Å². The lowest BCUT2D eigenvalue weighted by molar-refractivity contribution is -0.138. The average molecular weight is 750 g/mol. The van der Waals surface area contributed by atoms with E-state index in [1.165, 1.54) is 11.3 Å². The predicted molar refractivity (Wildman–Crippen MR) is 189 cm³/mol. The summed E-state index contributed by atoms with van der Waals surface area (Å²) in [6, 6.07) is 26.8. The standard InChI is InChI=1S/C36H27BrCl2N2O5S/c1-3-45-35(43)31-32(22-7-5-4-6-8-22)40-36-41(33(31)23-11-14-26(44-2)15-12-23)34(42)30(47-36)18-21-9-16-29(27(37)17-21)46-20-24-10-13-25(38)19-28(24)39/h4-19,33H,3,20H2,1-2H3/b30-18-/t33-/m0/s1. The topological polar surface area (TPSA) is 79.1 Å². The number of methoxy groups -OCH3 is 1. The number of halogens is 3. The molecular formula is C36H27BrCl2N2O5S. The molecule has 1 atom stereocenters. The van der Waals surface area contributed by atoms with Crippen LogP contribution in [0.1, 0.15) is 35.2 Å². The van der Waals surface area contributed by atoms with Gasteiger partial charge in [-0.2, -0.15) is 0 Å². The molecule has 4 aromatic carbocycles. The Labute approximate surface area is 293 Å². The van der Waals surface area contributed by atoms with Gasteiger partial charge in [0.15, 0.2) is 4.80 Å². The van der Waals surface area contributed by atoms with Gasteiger partial charge in [-0.05, 0) is 76.5 Å². The van der Waals surface area contributed by atoms with E-state index in [9.17, 15) is 9.59 Å². The summed E-state index contributed by atoms with van der Waals surface area (Å²) < 4.78 is 19.6. The van der Waals surface area contributed by atoms with E-state index in [2.05, 4.69) is 15.9 Å². The molecule has 7 nitrogen and oxygen atoms in total. The number of benzene rings is 4. The number of fused-ring (bicyclic) bond motifs is 1. The van der Waals surface area contributed by atoms with Gasteiger partial charge in [0.25, 0.3) is 5.56 Å². The molecule has 0 aliphatic carbocycles. The van der Waals surface area contributed by atoms with Gasteiger partial charge in [-0.15, -0.1) is 0 Å². The first-order valence-corrected chi connectivity index (χ1v) is 16.9. The first-order valence-electron chi connectivity index (χ1n) is 14.6. The zero-order valence-corrected chi connectivity index (χ0v) is 29.1. The van der Waals surface area contributed by atoms with Gasteiger partial charge in [0.05, 0.1) is 40.0 Å². The molecule has 11 heteroatoms. The molecule has 0 amide bonds. The Hall–Kier alpha value is -4.15. The Balaban J connectivity index is 1.44. The Morgan fingerprint density at radius 1 is 1.02 bits per heavy atom. The Bertz CT molecular complexity index is 2180. The van der Waals surface area contributed by atoms with Gasteiger partial charge in [0, 0.05) is 21.2 Å². The third-order valence-corrected chi connectivity index (χ3v) is 9.65. The third-order valence-electron chi connectivity index (χ3n) is 7.46. The third kappa shape index (κ3) is 6.94. The molecule has 0 N–H and O–H groups in total. The summed E-state index contributed by atoms with van der Waals surface area (Å²) in [7, 11) is 1.59. The molecule has 2 heterocycles. The molecule has 0 bridgehead atoms. The minimum absolute atomic E-state index is 0.172. The second-order valence-electron chi connectivity index (χ2n) is 10.4. The first-order chi connectivity index (χ1) is 22.8. The molecule has 1 aliphatic heterocycles. The molecule has 0 spiro atoms. The van der Waals surface area contributed by atoms with Crippen molar-refractivity contribution in [1.82, 2.24) is 4.57 Å². The van der Waals surface area contributed by atoms with Crippen LogP contribution < -0.4 is 24.4 Å². The van der Waals surface area contributed by atoms with E-state index in [1.54, 1.807) is 48.9 Å². The van der Waals surface area contributed by atoms with Gasteiger partial charge in [0.1, 0.15) is 18.1 Å². The van der Waals surface area contributed by atoms with Crippen LogP contribution in [0.2, 0.25) is 10.0 Å². The number of hydrogen-bond donors (Lipinski definition) is 0. The fraction of sp³-hybridized carbons (Fsp3) is 0.139. The number of carbonyl (C=O) groups excluding carboxylic acids is 1. The zero-order valence-electron chi connectivity index (χ0n) is 25.2. The summed E-state index contributed by atoms with van der Waals surface area (Å²) in [5.74, 6) is 0.727. The van der Waals surface area contributed by atoms with E-state index in [-0.39, 0.29) is 24.3 Å². The van der Waals surface area contributed by atoms with Gasteiger partial charge < -0.3 is 14.2 Å². The molecule has 1 aliphatic rings. The molecule has 0 radical (unpaired) electrons. The summed E-state index contributed by atoms with van der Waals surface area (Å²) in [4.78, 5) is 33.2. The highest BCUT2D eigenvalue weighted by Crippen LogP contribution is 2.36. The van der Waals surface area contributed by atoms with Gasteiger partial charge in [-0.3, -0.25) is 9.36 Å². The summed E-state index contributed by atoms with van der Waals surface area (Å²) in [5, 5.41) is 1.08. The minimum atomic E-state index is -0.782. The lowest BCUT2D eigenvalue weighted by Crippen LogP contribution is -2.40. The monoisotopic (exact) mass is 748 g/mol. The van der Waals surface area contributed by atoms with Gasteiger partial charge in [-0.25, -0.2) is 9.79 Å². The SMILES string of the molecule is CCOC(=O)C1=C(c2ccccc2)N=c2s/c(=C\c3ccc(OCc4ccc(Cl)cc4Cl)c(Br)c3)c(=O)n2[C@H]1c1ccc(OC)cc1. The maximum absolute atomic E-state index is 14.2. The fourth-order valence-electron chi connectivity index (χ4n) is 5.21. The highest BCUT2D eigenvalue weighted by atomic mass is 79.9. The van der Waals surface area contributed by atoms with Crippen molar-refractivity contribution in [2.75, 3.05) is 13.7 Å². The smallest absolute Gasteiger partial charge is 0.338 e. The Morgan fingerprint density at radius 3 is 2.47 bits per heavy atom. The van der Waals surface area contributed by atoms with E-state index in [0.29, 0.717) is 41.0 Å². The maximum atomic E-state index is 14.2. The Morgan fingerprint density at radius 2 is 1.79 bits per heavy atom. The summed E-state index contributed by atoms with van der Waals surface area (Å²) in [6.45, 7) is 2.18. The lowest BCUT2D eigenvalue weighted by Gasteiger charge is -2.26. The largest absolute Gasteiger partial charge is 0.497 e. The van der Waals surface area contributed by atoms with Crippen LogP contribution in [-0.4, -0.2) is 24.3 Å². The molecule has 5 aromatic rings. The number of rotatable bonds is 9. The second-order valence-corrected chi connectivity index (χ2v) is 13.1. The number of hydrogen-bond acceptors (Lipinski definition) is 7. The molecular weight excluding hydrogens is 723 g/mol. The van der Waals surface area contributed by atoms with Crippen molar-refractivity contribution >= 4 is 68.2 Å². The molecule has 47 heavy (non-hydrogen) atoms. The van der Waals surface area contributed by atoms with Gasteiger partial charge in [-0.1, -0.05) is 89.1 Å². The summed E-state index contributed by atoms with van der Waals surface area (Å²) in [6.07, 6.45) is 1.80. The van der Waals surface area contributed by atoms with E-state index in [1.807, 2.05) is 66.7 Å². The summed E-state index contributed by atoms with van der Waals surface area (Å²) >= 11 is 17.2. The van der Waals surface area contributed by atoms with Crippen LogP contribution in [0.4, 0.5) is 0 Å².